The Bertz CT molecular complexity index is 731. The number of oxazole rings is 1. The molecule has 7 heteroatoms. The van der Waals surface area contributed by atoms with Gasteiger partial charge in [-0.1, -0.05) is 30.3 Å². The quantitative estimate of drug-likeness (QED) is 0.908. The summed E-state index contributed by atoms with van der Waals surface area (Å²) in [5, 5.41) is 10.4. The number of anilines is 1. The zero-order chi connectivity index (χ0) is 18.7. The fraction of sp³-hybridized carbons (Fsp3) is 0.474. The summed E-state index contributed by atoms with van der Waals surface area (Å²) in [6, 6.07) is 9.79. The zero-order valence-electron chi connectivity index (χ0n) is 15.4. The smallest absolute Gasteiger partial charge is 0.410 e. The van der Waals surface area contributed by atoms with Crippen LogP contribution in [0.3, 0.4) is 0 Å². The fourth-order valence-electron chi connectivity index (χ4n) is 2.76. The molecular weight excluding hydrogens is 334 g/mol. The van der Waals surface area contributed by atoms with Crippen molar-refractivity contribution in [2.24, 2.45) is 0 Å². The van der Waals surface area contributed by atoms with E-state index in [0.29, 0.717) is 37.9 Å². The minimum Gasteiger partial charge on any atom is -0.444 e. The molecule has 1 aromatic heterocycles. The van der Waals surface area contributed by atoms with Crippen LogP contribution in [0, 0.1) is 0 Å². The minimum absolute atomic E-state index is 0.301. The number of piperazine rings is 1. The van der Waals surface area contributed by atoms with Crippen molar-refractivity contribution in [2.75, 3.05) is 31.1 Å². The van der Waals surface area contributed by atoms with Crippen molar-refractivity contribution in [1.82, 2.24) is 9.88 Å². The van der Waals surface area contributed by atoms with E-state index in [2.05, 4.69) is 4.98 Å². The number of carbonyl (C=O) groups excluding carboxylic acids is 1. The van der Waals surface area contributed by atoms with E-state index >= 15 is 0 Å². The minimum atomic E-state index is -0.822. The van der Waals surface area contributed by atoms with Crippen LogP contribution in [0.25, 0.3) is 0 Å². The monoisotopic (exact) mass is 359 g/mol. The van der Waals surface area contributed by atoms with Crippen LogP contribution in [0.5, 0.6) is 0 Å². The van der Waals surface area contributed by atoms with Gasteiger partial charge in [0.1, 0.15) is 23.7 Å². The molecule has 3 rings (SSSR count). The van der Waals surface area contributed by atoms with Gasteiger partial charge in [0.15, 0.2) is 0 Å². The summed E-state index contributed by atoms with van der Waals surface area (Å²) in [5.74, 6) is 0. The molecule has 0 radical (unpaired) electrons. The lowest BCUT2D eigenvalue weighted by atomic mass is 10.1. The van der Waals surface area contributed by atoms with E-state index in [1.165, 1.54) is 6.26 Å². The molecule has 1 fully saturated rings. The van der Waals surface area contributed by atoms with Crippen molar-refractivity contribution in [3.63, 3.8) is 0 Å². The highest BCUT2D eigenvalue weighted by Gasteiger charge is 2.28. The number of aromatic nitrogens is 1. The molecule has 1 aliphatic rings. The molecule has 1 saturated heterocycles. The van der Waals surface area contributed by atoms with Crippen LogP contribution in [-0.2, 0) is 4.74 Å². The summed E-state index contributed by atoms with van der Waals surface area (Å²) in [7, 11) is 0. The number of carbonyl (C=O) groups is 1. The van der Waals surface area contributed by atoms with Crippen LogP contribution in [0.1, 0.15) is 38.1 Å². The maximum atomic E-state index is 12.1. The van der Waals surface area contributed by atoms with Gasteiger partial charge in [-0.2, -0.15) is 4.98 Å². The summed E-state index contributed by atoms with van der Waals surface area (Å²) in [6.45, 7) is 7.83. The number of aliphatic hydroxyl groups is 1. The van der Waals surface area contributed by atoms with Crippen LogP contribution in [0.15, 0.2) is 41.0 Å². The lowest BCUT2D eigenvalue weighted by Crippen LogP contribution is -2.50. The van der Waals surface area contributed by atoms with Gasteiger partial charge in [-0.3, -0.25) is 0 Å². The Morgan fingerprint density at radius 3 is 2.46 bits per heavy atom. The second-order valence-corrected chi connectivity index (χ2v) is 7.32. The molecule has 1 atom stereocenters. The summed E-state index contributed by atoms with van der Waals surface area (Å²) in [5.41, 5.74) is 0.738. The van der Waals surface area contributed by atoms with Gasteiger partial charge in [-0.05, 0) is 26.3 Å². The van der Waals surface area contributed by atoms with Crippen molar-refractivity contribution in [1.29, 1.82) is 0 Å². The highest BCUT2D eigenvalue weighted by atomic mass is 16.6. The molecule has 140 valence electrons. The van der Waals surface area contributed by atoms with Crippen molar-refractivity contribution in [3.05, 3.63) is 47.9 Å². The first kappa shape index (κ1) is 18.3. The average Bonchev–Trinajstić information content (AvgIpc) is 3.10. The number of amides is 1. The van der Waals surface area contributed by atoms with E-state index in [4.69, 9.17) is 9.15 Å². The summed E-state index contributed by atoms with van der Waals surface area (Å²) < 4.78 is 10.9. The third kappa shape index (κ3) is 4.35. The Hall–Kier alpha value is -2.54. The Morgan fingerprint density at radius 1 is 1.19 bits per heavy atom. The van der Waals surface area contributed by atoms with Crippen LogP contribution in [0.2, 0.25) is 0 Å². The SMILES string of the molecule is CC(C)(C)OC(=O)N1CCN(c2nc(C(O)c3ccccc3)co2)CC1. The molecule has 2 aromatic rings. The highest BCUT2D eigenvalue weighted by Crippen LogP contribution is 2.24. The number of nitrogens with zero attached hydrogens (tertiary/aromatic N) is 3. The van der Waals surface area contributed by atoms with E-state index in [-0.39, 0.29) is 6.09 Å². The Kier molecular flexibility index (Phi) is 5.18. The molecule has 0 bridgehead atoms. The van der Waals surface area contributed by atoms with Crippen LogP contribution in [0.4, 0.5) is 10.8 Å². The first-order valence-corrected chi connectivity index (χ1v) is 8.75. The first-order valence-electron chi connectivity index (χ1n) is 8.75. The lowest BCUT2D eigenvalue weighted by molar-refractivity contribution is 0.0239. The van der Waals surface area contributed by atoms with Crippen LogP contribution >= 0.6 is 0 Å². The summed E-state index contributed by atoms with van der Waals surface area (Å²) in [4.78, 5) is 20.2. The molecule has 0 saturated carbocycles. The molecule has 1 unspecified atom stereocenters. The summed E-state index contributed by atoms with van der Waals surface area (Å²) >= 11 is 0. The van der Waals surface area contributed by atoms with E-state index in [1.54, 1.807) is 4.90 Å². The summed E-state index contributed by atoms with van der Waals surface area (Å²) in [6.07, 6.45) is 0.356. The van der Waals surface area contributed by atoms with Gasteiger partial charge in [0.25, 0.3) is 6.01 Å². The predicted octanol–water partition coefficient (Wildman–Crippen LogP) is 2.81. The Morgan fingerprint density at radius 2 is 1.85 bits per heavy atom. The first-order chi connectivity index (χ1) is 12.3. The molecule has 1 aliphatic heterocycles. The normalized spacial score (nSPS) is 16.5. The van der Waals surface area contributed by atoms with Crippen molar-refractivity contribution >= 4 is 12.1 Å². The number of ether oxygens (including phenoxy) is 1. The zero-order valence-corrected chi connectivity index (χ0v) is 15.4. The molecular formula is C19H25N3O4. The number of hydrogen-bond donors (Lipinski definition) is 1. The Balaban J connectivity index is 1.59. The number of rotatable bonds is 3. The molecule has 26 heavy (non-hydrogen) atoms. The van der Waals surface area contributed by atoms with Gasteiger partial charge in [-0.25, -0.2) is 4.79 Å². The molecule has 0 spiro atoms. The van der Waals surface area contributed by atoms with Crippen LogP contribution < -0.4 is 4.90 Å². The predicted molar refractivity (Wildman–Crippen MR) is 97.0 cm³/mol. The third-order valence-corrected chi connectivity index (χ3v) is 4.11. The molecule has 0 aliphatic carbocycles. The highest BCUT2D eigenvalue weighted by molar-refractivity contribution is 5.68. The van der Waals surface area contributed by atoms with Crippen molar-refractivity contribution in [3.8, 4) is 0 Å². The Labute approximate surface area is 153 Å². The van der Waals surface area contributed by atoms with Gasteiger partial charge >= 0.3 is 6.09 Å². The molecule has 1 amide bonds. The average molecular weight is 359 g/mol. The molecule has 7 nitrogen and oxygen atoms in total. The number of aliphatic hydroxyl groups excluding tert-OH is 1. The lowest BCUT2D eigenvalue weighted by Gasteiger charge is -2.34. The molecule has 1 N–H and O–H groups in total. The largest absolute Gasteiger partial charge is 0.444 e. The number of benzene rings is 1. The van der Waals surface area contributed by atoms with Gasteiger partial charge in [0, 0.05) is 26.2 Å². The van der Waals surface area contributed by atoms with E-state index in [1.807, 2.05) is 56.0 Å². The van der Waals surface area contributed by atoms with E-state index in [9.17, 15) is 9.90 Å². The van der Waals surface area contributed by atoms with Gasteiger partial charge in [-0.15, -0.1) is 0 Å². The van der Waals surface area contributed by atoms with Gasteiger partial charge < -0.3 is 24.1 Å². The standard InChI is InChI=1S/C19H25N3O4/c1-19(2,3)26-18(24)22-11-9-21(10-12-22)17-20-15(13-25-17)16(23)14-7-5-4-6-8-14/h4-8,13,16,23H,9-12H2,1-3H3. The van der Waals surface area contributed by atoms with Gasteiger partial charge in [0.05, 0.1) is 0 Å². The fourth-order valence-corrected chi connectivity index (χ4v) is 2.76. The van der Waals surface area contributed by atoms with E-state index < -0.39 is 11.7 Å². The van der Waals surface area contributed by atoms with Crippen molar-refractivity contribution in [2.45, 2.75) is 32.5 Å². The molecule has 2 heterocycles. The topological polar surface area (TPSA) is 79.0 Å². The van der Waals surface area contributed by atoms with Crippen LogP contribution in [-0.4, -0.2) is 52.9 Å². The third-order valence-electron chi connectivity index (χ3n) is 4.11. The van der Waals surface area contributed by atoms with Crippen molar-refractivity contribution < 1.29 is 19.1 Å². The molecule has 1 aromatic carbocycles. The second-order valence-electron chi connectivity index (χ2n) is 7.32. The number of hydrogen-bond acceptors (Lipinski definition) is 6. The van der Waals surface area contributed by atoms with E-state index in [0.717, 1.165) is 5.56 Å². The van der Waals surface area contributed by atoms with Gasteiger partial charge in [0.2, 0.25) is 0 Å². The second kappa shape index (κ2) is 7.37. The maximum Gasteiger partial charge on any atom is 0.410 e. The maximum absolute atomic E-state index is 12.1.